The molecule has 1 saturated heterocycles. The second-order valence-electron chi connectivity index (χ2n) is 13.0. The molecule has 1 aliphatic heterocycles. The quantitative estimate of drug-likeness (QED) is 0.377. The molecule has 9 nitrogen and oxygen atoms in total. The van der Waals surface area contributed by atoms with Gasteiger partial charge in [-0.2, -0.15) is 0 Å². The van der Waals surface area contributed by atoms with Crippen molar-refractivity contribution in [3.05, 3.63) is 49.1 Å². The molecule has 1 aromatic carbocycles. The molecule has 7 rings (SSSR count). The lowest BCUT2D eigenvalue weighted by Gasteiger charge is -2.59. The standard InChI is InChI=1S/C31H36N6O3/c1-30(2,3)40-29(38)37-17-31(18-37)12-22(13-31)35-21-10-23(11-21)39-28-33-14-20(15-34-28)19-5-6-24-25-16-32-8-7-26(25)36(4)27(24)9-19/h5-9,14-16,21-23,35H,10-13,17-18H2,1-4H3/t21-,23-. The van der Waals surface area contributed by atoms with Crippen LogP contribution in [-0.2, 0) is 11.8 Å². The van der Waals surface area contributed by atoms with Gasteiger partial charge in [0.1, 0.15) is 11.7 Å². The second-order valence-corrected chi connectivity index (χ2v) is 13.0. The Bertz CT molecular complexity index is 1570. The number of fused-ring (bicyclic) bond motifs is 3. The summed E-state index contributed by atoms with van der Waals surface area (Å²) in [4.78, 5) is 27.3. The Morgan fingerprint density at radius 2 is 1.73 bits per heavy atom. The van der Waals surface area contributed by atoms with Gasteiger partial charge in [-0.05, 0) is 64.2 Å². The van der Waals surface area contributed by atoms with Gasteiger partial charge in [-0.1, -0.05) is 12.1 Å². The van der Waals surface area contributed by atoms with Crippen molar-refractivity contribution in [1.82, 2.24) is 29.7 Å². The largest absolute Gasteiger partial charge is 0.460 e. The number of rotatable bonds is 5. The van der Waals surface area contributed by atoms with E-state index in [1.807, 2.05) is 56.5 Å². The van der Waals surface area contributed by atoms with Crippen molar-refractivity contribution in [2.75, 3.05) is 13.1 Å². The number of hydrogen-bond donors (Lipinski definition) is 1. The van der Waals surface area contributed by atoms with Gasteiger partial charge in [0, 0.05) is 84.3 Å². The summed E-state index contributed by atoms with van der Waals surface area (Å²) < 4.78 is 13.7. The number of ether oxygens (including phenoxy) is 2. The molecule has 3 fully saturated rings. The number of likely N-dealkylation sites (tertiary alicyclic amines) is 1. The summed E-state index contributed by atoms with van der Waals surface area (Å²) in [6.45, 7) is 7.36. The summed E-state index contributed by atoms with van der Waals surface area (Å²) in [5.41, 5.74) is 4.21. The Balaban J connectivity index is 0.880. The van der Waals surface area contributed by atoms with Crippen LogP contribution in [0.5, 0.6) is 6.01 Å². The van der Waals surface area contributed by atoms with Crippen LogP contribution in [0.1, 0.15) is 46.5 Å². The predicted molar refractivity (Wildman–Crippen MR) is 153 cm³/mol. The molecule has 2 aliphatic carbocycles. The summed E-state index contributed by atoms with van der Waals surface area (Å²) in [5.74, 6) is 0. The molecule has 3 aliphatic rings. The maximum atomic E-state index is 12.2. The number of nitrogens with one attached hydrogen (secondary N) is 1. The summed E-state index contributed by atoms with van der Waals surface area (Å²) in [6.07, 6.45) is 11.6. The lowest BCUT2D eigenvalue weighted by molar-refractivity contribution is -0.0878. The average Bonchev–Trinajstić information content (AvgIpc) is 3.13. The number of amides is 1. The third kappa shape index (κ3) is 4.56. The minimum absolute atomic E-state index is 0.143. The zero-order valence-electron chi connectivity index (χ0n) is 23.6. The van der Waals surface area contributed by atoms with Crippen LogP contribution in [-0.4, -0.2) is 67.4 Å². The molecule has 3 aromatic heterocycles. The van der Waals surface area contributed by atoms with Crippen LogP contribution in [0.2, 0.25) is 0 Å². The Hall–Kier alpha value is -3.72. The third-order valence-electron chi connectivity index (χ3n) is 8.67. The van der Waals surface area contributed by atoms with E-state index >= 15 is 0 Å². The zero-order chi connectivity index (χ0) is 27.6. The van der Waals surface area contributed by atoms with Gasteiger partial charge in [-0.25, -0.2) is 14.8 Å². The highest BCUT2D eigenvalue weighted by Gasteiger charge is 2.55. The monoisotopic (exact) mass is 540 g/mol. The summed E-state index contributed by atoms with van der Waals surface area (Å²) in [7, 11) is 2.08. The molecule has 1 N–H and O–H groups in total. The molecule has 1 amide bonds. The molecule has 40 heavy (non-hydrogen) atoms. The molecule has 0 unspecified atom stereocenters. The third-order valence-corrected chi connectivity index (χ3v) is 8.67. The molecule has 0 atom stereocenters. The van der Waals surface area contributed by atoms with Crippen molar-refractivity contribution >= 4 is 27.9 Å². The molecular weight excluding hydrogens is 504 g/mol. The first-order valence-corrected chi connectivity index (χ1v) is 14.2. The minimum Gasteiger partial charge on any atom is -0.460 e. The SMILES string of the molecule is Cn1c2ccncc2c2ccc(-c3cnc(O[C@H]4C[C@H](NC5CC6(C5)CN(C(=O)OC(C)(C)C)C6)C4)nc3)cc21. The first-order chi connectivity index (χ1) is 19.1. The van der Waals surface area contributed by atoms with Crippen LogP contribution >= 0.6 is 0 Å². The fourth-order valence-corrected chi connectivity index (χ4v) is 6.62. The molecule has 0 radical (unpaired) electrons. The number of pyridine rings is 1. The number of aryl methyl sites for hydroxylation is 1. The Labute approximate surface area is 233 Å². The van der Waals surface area contributed by atoms with E-state index in [-0.39, 0.29) is 12.2 Å². The lowest BCUT2D eigenvalue weighted by Crippen LogP contribution is -2.68. The molecule has 0 bridgehead atoms. The van der Waals surface area contributed by atoms with Gasteiger partial charge in [0.05, 0.1) is 5.52 Å². The van der Waals surface area contributed by atoms with E-state index in [9.17, 15) is 4.79 Å². The average molecular weight is 541 g/mol. The second kappa shape index (κ2) is 9.16. The van der Waals surface area contributed by atoms with E-state index in [2.05, 4.69) is 50.1 Å². The van der Waals surface area contributed by atoms with E-state index < -0.39 is 5.60 Å². The van der Waals surface area contributed by atoms with Crippen molar-refractivity contribution in [3.63, 3.8) is 0 Å². The normalized spacial score (nSPS) is 22.1. The van der Waals surface area contributed by atoms with Crippen LogP contribution in [0.15, 0.2) is 49.1 Å². The predicted octanol–water partition coefficient (Wildman–Crippen LogP) is 5.08. The van der Waals surface area contributed by atoms with Gasteiger partial charge < -0.3 is 24.3 Å². The van der Waals surface area contributed by atoms with Gasteiger partial charge >= 0.3 is 12.1 Å². The summed E-state index contributed by atoms with van der Waals surface area (Å²) in [6, 6.07) is 9.91. The van der Waals surface area contributed by atoms with E-state index in [1.165, 1.54) is 10.9 Å². The molecule has 4 aromatic rings. The molecule has 4 heterocycles. The van der Waals surface area contributed by atoms with Gasteiger partial charge in [-0.15, -0.1) is 0 Å². The van der Waals surface area contributed by atoms with Crippen LogP contribution in [0.4, 0.5) is 4.79 Å². The number of benzene rings is 1. The van der Waals surface area contributed by atoms with E-state index in [4.69, 9.17) is 9.47 Å². The van der Waals surface area contributed by atoms with Crippen molar-refractivity contribution in [3.8, 4) is 17.1 Å². The van der Waals surface area contributed by atoms with E-state index in [1.54, 1.807) is 0 Å². The number of hydrogen-bond acceptors (Lipinski definition) is 7. The van der Waals surface area contributed by atoms with Gasteiger partial charge in [0.15, 0.2) is 0 Å². The van der Waals surface area contributed by atoms with Crippen molar-refractivity contribution < 1.29 is 14.3 Å². The Morgan fingerprint density at radius 3 is 2.45 bits per heavy atom. The number of carbonyl (C=O) groups excluding carboxylic acids is 1. The number of aromatic nitrogens is 4. The molecule has 208 valence electrons. The van der Waals surface area contributed by atoms with E-state index in [0.29, 0.717) is 23.5 Å². The van der Waals surface area contributed by atoms with E-state index in [0.717, 1.165) is 60.8 Å². The smallest absolute Gasteiger partial charge is 0.410 e. The van der Waals surface area contributed by atoms with Crippen molar-refractivity contribution in [1.29, 1.82) is 0 Å². The first-order valence-electron chi connectivity index (χ1n) is 14.2. The number of nitrogens with zero attached hydrogens (tertiary/aromatic N) is 5. The van der Waals surface area contributed by atoms with Gasteiger partial charge in [-0.3, -0.25) is 4.98 Å². The highest BCUT2D eigenvalue weighted by atomic mass is 16.6. The zero-order valence-corrected chi connectivity index (χ0v) is 23.6. The van der Waals surface area contributed by atoms with Crippen LogP contribution in [0.25, 0.3) is 32.9 Å². The van der Waals surface area contributed by atoms with Crippen LogP contribution in [0, 0.1) is 5.41 Å². The van der Waals surface area contributed by atoms with Crippen LogP contribution in [0.3, 0.4) is 0 Å². The molecule has 9 heteroatoms. The summed E-state index contributed by atoms with van der Waals surface area (Å²) in [5, 5.41) is 6.12. The first kappa shape index (κ1) is 25.3. The highest BCUT2D eigenvalue weighted by molar-refractivity contribution is 6.08. The molecule has 2 saturated carbocycles. The van der Waals surface area contributed by atoms with Crippen molar-refractivity contribution in [2.24, 2.45) is 12.5 Å². The van der Waals surface area contributed by atoms with Crippen molar-refractivity contribution in [2.45, 2.75) is 70.2 Å². The fraction of sp³-hybridized carbons (Fsp3) is 0.484. The highest BCUT2D eigenvalue weighted by Crippen LogP contribution is 2.49. The number of carbonyl (C=O) groups is 1. The Morgan fingerprint density at radius 1 is 0.975 bits per heavy atom. The van der Waals surface area contributed by atoms with Gasteiger partial charge in [0.2, 0.25) is 0 Å². The Kier molecular flexibility index (Phi) is 5.78. The minimum atomic E-state index is -0.440. The fourth-order valence-electron chi connectivity index (χ4n) is 6.62. The topological polar surface area (TPSA) is 94.4 Å². The maximum absolute atomic E-state index is 12.2. The lowest BCUT2D eigenvalue weighted by atomic mass is 9.60. The van der Waals surface area contributed by atoms with Gasteiger partial charge in [0.25, 0.3) is 0 Å². The van der Waals surface area contributed by atoms with Crippen LogP contribution < -0.4 is 10.1 Å². The molecular formula is C31H36N6O3. The molecule has 1 spiro atoms. The maximum Gasteiger partial charge on any atom is 0.410 e. The summed E-state index contributed by atoms with van der Waals surface area (Å²) >= 11 is 0.